The lowest BCUT2D eigenvalue weighted by Crippen LogP contribution is -2.31. The van der Waals surface area contributed by atoms with Gasteiger partial charge in [0.25, 0.3) is 0 Å². The van der Waals surface area contributed by atoms with Crippen LogP contribution in [0, 0.1) is 0 Å². The highest BCUT2D eigenvalue weighted by Crippen LogP contribution is 2.17. The van der Waals surface area contributed by atoms with Crippen molar-refractivity contribution in [1.82, 2.24) is 10.6 Å². The number of hydrogen-bond acceptors (Lipinski definition) is 7. The molecule has 7 nitrogen and oxygen atoms in total. The second-order valence-corrected chi connectivity index (χ2v) is 15.4. The lowest BCUT2D eigenvalue weighted by atomic mass is 10.1. The van der Waals surface area contributed by atoms with E-state index in [1.165, 1.54) is 153 Å². The molecule has 0 spiro atoms. The first-order chi connectivity index (χ1) is 27.5. The highest BCUT2D eigenvalue weighted by atomic mass is 16.5. The van der Waals surface area contributed by atoms with E-state index in [9.17, 15) is 14.7 Å². The summed E-state index contributed by atoms with van der Waals surface area (Å²) in [6.07, 6.45) is 36.9. The monoisotopic (exact) mass is 775 g/mol. The van der Waals surface area contributed by atoms with Gasteiger partial charge in [-0.3, -0.25) is 9.59 Å². The molecule has 0 aromatic heterocycles. The van der Waals surface area contributed by atoms with Gasteiger partial charge < -0.3 is 25.2 Å². The van der Waals surface area contributed by atoms with Gasteiger partial charge in [-0.05, 0) is 61.4 Å². The molecule has 3 N–H and O–H groups in total. The van der Waals surface area contributed by atoms with Crippen molar-refractivity contribution >= 4 is 11.6 Å². The molecule has 0 saturated heterocycles. The summed E-state index contributed by atoms with van der Waals surface area (Å²) in [4.78, 5) is 25.1. The molecule has 7 heteroatoms. The summed E-state index contributed by atoms with van der Waals surface area (Å²) in [7, 11) is 0. The van der Waals surface area contributed by atoms with Crippen molar-refractivity contribution < 1.29 is 24.2 Å². The zero-order valence-electron chi connectivity index (χ0n) is 35.4. The first-order valence-electron chi connectivity index (χ1n) is 22.6. The molecule has 2 aromatic rings. The predicted octanol–water partition coefficient (Wildman–Crippen LogP) is 12.5. The van der Waals surface area contributed by atoms with Crippen LogP contribution >= 0.6 is 0 Å². The molecule has 56 heavy (non-hydrogen) atoms. The minimum Gasteiger partial charge on any atom is -0.494 e. The number of aliphatic hydroxyl groups is 1. The fourth-order valence-corrected chi connectivity index (χ4v) is 6.64. The molecule has 0 fully saturated rings. The first-order valence-corrected chi connectivity index (χ1v) is 22.6. The second kappa shape index (κ2) is 34.7. The molecule has 0 amide bonds. The van der Waals surface area contributed by atoms with Crippen molar-refractivity contribution in [2.45, 2.75) is 174 Å². The molecule has 2 aromatic carbocycles. The average molecular weight is 775 g/mol. The third-order valence-electron chi connectivity index (χ3n) is 10.2. The van der Waals surface area contributed by atoms with E-state index in [4.69, 9.17) is 9.47 Å². The van der Waals surface area contributed by atoms with Crippen molar-refractivity contribution in [3.05, 3.63) is 84.2 Å². The number of ether oxygens (including phenoxy) is 2. The summed E-state index contributed by atoms with van der Waals surface area (Å²) in [5.41, 5.74) is 1.16. The van der Waals surface area contributed by atoms with E-state index in [1.807, 2.05) is 24.3 Å². The quantitative estimate of drug-likeness (QED) is 0.0355. The van der Waals surface area contributed by atoms with Crippen molar-refractivity contribution in [2.24, 2.45) is 0 Å². The van der Waals surface area contributed by atoms with Crippen molar-refractivity contribution in [3.63, 3.8) is 0 Å². The molecule has 0 unspecified atom stereocenters. The molecular formula is C49H78N2O5. The van der Waals surface area contributed by atoms with Crippen LogP contribution in [0.1, 0.15) is 189 Å². The summed E-state index contributed by atoms with van der Waals surface area (Å²) < 4.78 is 11.7. The molecule has 314 valence electrons. The fourth-order valence-electron chi connectivity index (χ4n) is 6.64. The van der Waals surface area contributed by atoms with Gasteiger partial charge in [-0.1, -0.05) is 155 Å². The zero-order valence-corrected chi connectivity index (χ0v) is 35.4. The van der Waals surface area contributed by atoms with Crippen LogP contribution in [-0.4, -0.2) is 49.1 Å². The Hall–Kier alpha value is -3.58. The Bertz CT molecular complexity index is 1190. The third kappa shape index (κ3) is 26.3. The van der Waals surface area contributed by atoms with Gasteiger partial charge in [-0.15, -0.1) is 0 Å². The molecule has 0 aliphatic rings. The summed E-state index contributed by atoms with van der Waals surface area (Å²) >= 11 is 0. The standard InChI is InChI=1S/C49H78N2O5/c1-3-5-7-9-11-13-15-17-19-21-23-25-39-55-46-31-27-43(28-32-46)48(53)35-37-50-41-45(52)42-51-38-36-49(54)44-29-33-47(34-30-44)56-40-26-24-22-20-18-16-14-12-10-8-6-4-2/h27-38,45,50-52H,3-26,39-42H2,1-2H3. The van der Waals surface area contributed by atoms with Crippen LogP contribution in [0.2, 0.25) is 0 Å². The highest BCUT2D eigenvalue weighted by molar-refractivity contribution is 6.05. The number of ketones is 2. The first kappa shape index (κ1) is 48.6. The van der Waals surface area contributed by atoms with Crippen LogP contribution < -0.4 is 20.1 Å². The van der Waals surface area contributed by atoms with E-state index in [2.05, 4.69) is 24.5 Å². The van der Waals surface area contributed by atoms with Crippen LogP contribution in [0.3, 0.4) is 0 Å². The molecular weight excluding hydrogens is 697 g/mol. The molecule has 0 aliphatic carbocycles. The van der Waals surface area contributed by atoms with Crippen LogP contribution in [0.5, 0.6) is 11.5 Å². The smallest absolute Gasteiger partial charge is 0.187 e. The van der Waals surface area contributed by atoms with Crippen LogP contribution in [0.15, 0.2) is 73.1 Å². The van der Waals surface area contributed by atoms with E-state index in [0.29, 0.717) is 24.3 Å². The summed E-state index contributed by atoms with van der Waals surface area (Å²) in [5.74, 6) is 1.30. The van der Waals surface area contributed by atoms with E-state index < -0.39 is 6.10 Å². The normalized spacial score (nSPS) is 12.0. The van der Waals surface area contributed by atoms with Crippen molar-refractivity contribution in [3.8, 4) is 11.5 Å². The molecule has 0 atom stereocenters. The number of unbranched alkanes of at least 4 members (excludes halogenated alkanes) is 22. The summed E-state index contributed by atoms with van der Waals surface area (Å²) in [6, 6.07) is 14.5. The zero-order chi connectivity index (χ0) is 40.2. The minimum atomic E-state index is -0.711. The van der Waals surface area contributed by atoms with Gasteiger partial charge in [-0.2, -0.15) is 0 Å². The summed E-state index contributed by atoms with van der Waals surface area (Å²) in [5, 5.41) is 16.2. The number of aliphatic hydroxyl groups excluding tert-OH is 1. The number of benzene rings is 2. The molecule has 0 bridgehead atoms. The van der Waals surface area contributed by atoms with Crippen LogP contribution in [0.25, 0.3) is 0 Å². The Morgan fingerprint density at radius 1 is 0.482 bits per heavy atom. The van der Waals surface area contributed by atoms with Gasteiger partial charge in [0, 0.05) is 48.8 Å². The number of allylic oxidation sites excluding steroid dienone is 2. The van der Waals surface area contributed by atoms with E-state index in [-0.39, 0.29) is 24.7 Å². The highest BCUT2D eigenvalue weighted by Gasteiger charge is 2.06. The van der Waals surface area contributed by atoms with Gasteiger partial charge in [0.2, 0.25) is 0 Å². The molecule has 0 radical (unpaired) electrons. The Labute approximate surface area is 341 Å². The maximum Gasteiger partial charge on any atom is 0.187 e. The largest absolute Gasteiger partial charge is 0.494 e. The average Bonchev–Trinajstić information content (AvgIpc) is 3.22. The maximum atomic E-state index is 12.5. The predicted molar refractivity (Wildman–Crippen MR) is 235 cm³/mol. The maximum absolute atomic E-state index is 12.5. The van der Waals surface area contributed by atoms with Gasteiger partial charge in [0.1, 0.15) is 11.5 Å². The number of rotatable bonds is 38. The topological polar surface area (TPSA) is 96.9 Å². The van der Waals surface area contributed by atoms with Gasteiger partial charge >= 0.3 is 0 Å². The SMILES string of the molecule is CCCCCCCCCCCCCCOc1ccc(C(=O)C=CNCC(O)CNC=CC(=O)c2ccc(OCCCCCCCCCCCCCC)cc2)cc1. The van der Waals surface area contributed by atoms with Gasteiger partial charge in [-0.25, -0.2) is 0 Å². The van der Waals surface area contributed by atoms with Crippen LogP contribution in [-0.2, 0) is 0 Å². The van der Waals surface area contributed by atoms with E-state index in [0.717, 1.165) is 24.3 Å². The lowest BCUT2D eigenvalue weighted by molar-refractivity contribution is 0.103. The van der Waals surface area contributed by atoms with Crippen molar-refractivity contribution in [1.29, 1.82) is 0 Å². The number of carbonyl (C=O) groups is 2. The molecule has 2 rings (SSSR count). The number of carbonyl (C=O) groups excluding carboxylic acids is 2. The Morgan fingerprint density at radius 3 is 1.07 bits per heavy atom. The molecule has 0 heterocycles. The van der Waals surface area contributed by atoms with E-state index in [1.54, 1.807) is 36.7 Å². The van der Waals surface area contributed by atoms with Crippen molar-refractivity contribution in [2.75, 3.05) is 26.3 Å². The van der Waals surface area contributed by atoms with Crippen LogP contribution in [0.4, 0.5) is 0 Å². The third-order valence-corrected chi connectivity index (χ3v) is 10.2. The Balaban J connectivity index is 1.47. The number of nitrogens with one attached hydrogen (secondary N) is 2. The Morgan fingerprint density at radius 2 is 0.768 bits per heavy atom. The molecule has 0 saturated carbocycles. The second-order valence-electron chi connectivity index (χ2n) is 15.4. The molecule has 0 aliphatic heterocycles. The summed E-state index contributed by atoms with van der Waals surface area (Å²) in [6.45, 7) is 6.43. The fraction of sp³-hybridized carbons (Fsp3) is 0.633. The van der Waals surface area contributed by atoms with Gasteiger partial charge in [0.15, 0.2) is 11.6 Å². The number of hydrogen-bond donors (Lipinski definition) is 3. The van der Waals surface area contributed by atoms with Gasteiger partial charge in [0.05, 0.1) is 19.3 Å². The minimum absolute atomic E-state index is 0.127. The van der Waals surface area contributed by atoms with E-state index >= 15 is 0 Å². The Kier molecular flexibility index (Phi) is 30.1. The lowest BCUT2D eigenvalue weighted by Gasteiger charge is -2.10.